The first kappa shape index (κ1) is 8.57. The van der Waals surface area contributed by atoms with Gasteiger partial charge in [0, 0.05) is 21.6 Å². The molecule has 0 saturated carbocycles. The summed E-state index contributed by atoms with van der Waals surface area (Å²) in [4.78, 5) is 3.23. The van der Waals surface area contributed by atoms with Gasteiger partial charge in [-0.25, -0.2) is 0 Å². The molecule has 13 heavy (non-hydrogen) atoms. The Morgan fingerprint density at radius 3 is 3.08 bits per heavy atom. The zero-order valence-electron chi connectivity index (χ0n) is 7.18. The summed E-state index contributed by atoms with van der Waals surface area (Å²) in [6, 6.07) is 6.24. The highest BCUT2D eigenvalue weighted by Crippen LogP contribution is 2.22. The van der Waals surface area contributed by atoms with Crippen molar-refractivity contribution in [2.75, 3.05) is 0 Å². The van der Waals surface area contributed by atoms with Crippen LogP contribution in [0, 0.1) is 0 Å². The Morgan fingerprint density at radius 1 is 1.46 bits per heavy atom. The molecule has 0 spiro atoms. The van der Waals surface area contributed by atoms with E-state index in [9.17, 15) is 0 Å². The largest absolute Gasteiger partial charge is 0.361 e. The Bertz CT molecular complexity index is 442. The second-order valence-electron chi connectivity index (χ2n) is 3.00. The average molecular weight is 236 g/mol. The SMILES string of the molecule is C=CCc1c[nH]c2ccc(Br)cc12. The number of hydrogen-bond acceptors (Lipinski definition) is 0. The van der Waals surface area contributed by atoms with Gasteiger partial charge in [0.1, 0.15) is 0 Å². The lowest BCUT2D eigenvalue weighted by Crippen LogP contribution is -1.76. The van der Waals surface area contributed by atoms with E-state index in [0.717, 1.165) is 10.9 Å². The summed E-state index contributed by atoms with van der Waals surface area (Å²) < 4.78 is 1.12. The lowest BCUT2D eigenvalue weighted by Gasteiger charge is -1.94. The smallest absolute Gasteiger partial charge is 0.0457 e. The number of rotatable bonds is 2. The molecule has 1 aromatic carbocycles. The Hall–Kier alpha value is -1.02. The van der Waals surface area contributed by atoms with Gasteiger partial charge in [-0.2, -0.15) is 0 Å². The summed E-state index contributed by atoms with van der Waals surface area (Å²) in [6.45, 7) is 3.74. The van der Waals surface area contributed by atoms with Gasteiger partial charge in [-0.1, -0.05) is 22.0 Å². The van der Waals surface area contributed by atoms with Crippen LogP contribution in [0.1, 0.15) is 5.56 Å². The third-order valence-corrected chi connectivity index (χ3v) is 2.59. The topological polar surface area (TPSA) is 15.8 Å². The van der Waals surface area contributed by atoms with Gasteiger partial charge < -0.3 is 4.98 Å². The molecule has 0 bridgehead atoms. The van der Waals surface area contributed by atoms with Gasteiger partial charge in [0.15, 0.2) is 0 Å². The Kier molecular flexibility index (Phi) is 2.23. The van der Waals surface area contributed by atoms with Gasteiger partial charge in [0.05, 0.1) is 0 Å². The van der Waals surface area contributed by atoms with E-state index in [0.29, 0.717) is 0 Å². The molecule has 0 fully saturated rings. The van der Waals surface area contributed by atoms with E-state index in [4.69, 9.17) is 0 Å². The fraction of sp³-hybridized carbons (Fsp3) is 0.0909. The van der Waals surface area contributed by atoms with Crippen LogP contribution in [0.3, 0.4) is 0 Å². The molecule has 66 valence electrons. The quantitative estimate of drug-likeness (QED) is 0.766. The Morgan fingerprint density at radius 2 is 2.31 bits per heavy atom. The van der Waals surface area contributed by atoms with Gasteiger partial charge in [-0.15, -0.1) is 6.58 Å². The molecule has 0 aliphatic rings. The fourth-order valence-electron chi connectivity index (χ4n) is 1.48. The highest BCUT2D eigenvalue weighted by atomic mass is 79.9. The van der Waals surface area contributed by atoms with Gasteiger partial charge in [0.25, 0.3) is 0 Å². The third-order valence-electron chi connectivity index (χ3n) is 2.09. The van der Waals surface area contributed by atoms with Crippen molar-refractivity contribution in [3.63, 3.8) is 0 Å². The maximum absolute atomic E-state index is 3.74. The molecule has 0 amide bonds. The second-order valence-corrected chi connectivity index (χ2v) is 3.91. The van der Waals surface area contributed by atoms with Gasteiger partial charge in [-0.05, 0) is 30.2 Å². The van der Waals surface area contributed by atoms with Crippen molar-refractivity contribution in [3.8, 4) is 0 Å². The monoisotopic (exact) mass is 235 g/mol. The summed E-state index contributed by atoms with van der Waals surface area (Å²) in [6.07, 6.45) is 4.87. The first-order chi connectivity index (χ1) is 6.31. The van der Waals surface area contributed by atoms with E-state index in [2.05, 4.69) is 39.6 Å². The van der Waals surface area contributed by atoms with E-state index < -0.39 is 0 Å². The maximum atomic E-state index is 3.74. The normalized spacial score (nSPS) is 10.5. The molecule has 0 aliphatic carbocycles. The zero-order chi connectivity index (χ0) is 9.26. The van der Waals surface area contributed by atoms with E-state index in [1.807, 2.05) is 18.3 Å². The maximum Gasteiger partial charge on any atom is 0.0457 e. The van der Waals surface area contributed by atoms with Crippen molar-refractivity contribution in [1.82, 2.24) is 4.98 Å². The van der Waals surface area contributed by atoms with Crippen LogP contribution in [-0.4, -0.2) is 4.98 Å². The van der Waals surface area contributed by atoms with Gasteiger partial charge in [0.2, 0.25) is 0 Å². The summed E-state index contributed by atoms with van der Waals surface area (Å²) in [5.41, 5.74) is 2.48. The number of benzene rings is 1. The van der Waals surface area contributed by atoms with Crippen LogP contribution in [0.25, 0.3) is 10.9 Å². The molecular weight excluding hydrogens is 226 g/mol. The van der Waals surface area contributed by atoms with E-state index in [1.54, 1.807) is 0 Å². The van der Waals surface area contributed by atoms with Crippen LogP contribution in [0.4, 0.5) is 0 Å². The molecule has 0 atom stereocenters. The van der Waals surface area contributed by atoms with Crippen molar-refractivity contribution in [2.45, 2.75) is 6.42 Å². The predicted molar refractivity (Wildman–Crippen MR) is 59.9 cm³/mol. The molecule has 2 heteroatoms. The summed E-state index contributed by atoms with van der Waals surface area (Å²) in [5.74, 6) is 0. The van der Waals surface area contributed by atoms with Crippen LogP contribution in [0.2, 0.25) is 0 Å². The molecule has 0 unspecified atom stereocenters. The van der Waals surface area contributed by atoms with Crippen molar-refractivity contribution in [3.05, 3.63) is 47.1 Å². The van der Waals surface area contributed by atoms with Gasteiger partial charge >= 0.3 is 0 Å². The molecule has 2 rings (SSSR count). The molecular formula is C11H10BrN. The van der Waals surface area contributed by atoms with Crippen LogP contribution in [-0.2, 0) is 6.42 Å². The number of allylic oxidation sites excluding steroid dienone is 1. The van der Waals surface area contributed by atoms with Crippen LogP contribution < -0.4 is 0 Å². The van der Waals surface area contributed by atoms with Crippen molar-refractivity contribution in [1.29, 1.82) is 0 Å². The molecule has 1 heterocycles. The number of aromatic amines is 1. The lowest BCUT2D eigenvalue weighted by molar-refractivity contribution is 1.29. The molecule has 2 aromatic rings. The minimum absolute atomic E-state index is 0.913. The number of aromatic nitrogens is 1. The van der Waals surface area contributed by atoms with Gasteiger partial charge in [-0.3, -0.25) is 0 Å². The standard InChI is InChI=1S/C11H10BrN/c1-2-3-8-7-13-11-5-4-9(12)6-10(8)11/h2,4-7,13H,1,3H2. The van der Waals surface area contributed by atoms with E-state index in [1.165, 1.54) is 16.5 Å². The van der Waals surface area contributed by atoms with Crippen LogP contribution in [0.5, 0.6) is 0 Å². The van der Waals surface area contributed by atoms with Crippen LogP contribution in [0.15, 0.2) is 41.5 Å². The Labute approximate surface area is 85.6 Å². The number of hydrogen-bond donors (Lipinski definition) is 1. The molecule has 1 aromatic heterocycles. The molecule has 1 nitrogen and oxygen atoms in total. The molecule has 0 radical (unpaired) electrons. The summed E-state index contributed by atoms with van der Waals surface area (Å²) in [5, 5.41) is 1.27. The molecule has 0 aliphatic heterocycles. The summed E-state index contributed by atoms with van der Waals surface area (Å²) in [7, 11) is 0. The minimum atomic E-state index is 0.913. The third kappa shape index (κ3) is 1.54. The number of H-pyrrole nitrogens is 1. The average Bonchev–Trinajstić information content (AvgIpc) is 2.49. The highest BCUT2D eigenvalue weighted by molar-refractivity contribution is 9.10. The fourth-order valence-corrected chi connectivity index (χ4v) is 1.84. The Balaban J connectivity index is 2.64. The highest BCUT2D eigenvalue weighted by Gasteiger charge is 2.01. The van der Waals surface area contributed by atoms with Crippen LogP contribution >= 0.6 is 15.9 Å². The number of fused-ring (bicyclic) bond motifs is 1. The lowest BCUT2D eigenvalue weighted by atomic mass is 10.1. The van der Waals surface area contributed by atoms with Crippen molar-refractivity contribution >= 4 is 26.8 Å². The van der Waals surface area contributed by atoms with Crippen molar-refractivity contribution < 1.29 is 0 Å². The van der Waals surface area contributed by atoms with Crippen molar-refractivity contribution in [2.24, 2.45) is 0 Å². The number of nitrogens with one attached hydrogen (secondary N) is 1. The summed E-state index contributed by atoms with van der Waals surface area (Å²) >= 11 is 3.46. The minimum Gasteiger partial charge on any atom is -0.361 e. The molecule has 1 N–H and O–H groups in total. The van der Waals surface area contributed by atoms with E-state index in [-0.39, 0.29) is 0 Å². The van der Waals surface area contributed by atoms with E-state index >= 15 is 0 Å². The first-order valence-electron chi connectivity index (χ1n) is 4.17. The first-order valence-corrected chi connectivity index (χ1v) is 4.97. The zero-order valence-corrected chi connectivity index (χ0v) is 8.76. The molecule has 0 saturated heterocycles. The number of halogens is 1. The second kappa shape index (κ2) is 3.38. The predicted octanol–water partition coefficient (Wildman–Crippen LogP) is 3.66.